The summed E-state index contributed by atoms with van der Waals surface area (Å²) in [5.74, 6) is 1.54. The quantitative estimate of drug-likeness (QED) is 0.332. The van der Waals surface area contributed by atoms with Gasteiger partial charge in [-0.25, -0.2) is 0 Å². The molecular weight excluding hydrogens is 484 g/mol. The molecule has 0 radical (unpaired) electrons. The normalized spacial score (nSPS) is 18.3. The van der Waals surface area contributed by atoms with Crippen molar-refractivity contribution in [3.8, 4) is 5.75 Å². The van der Waals surface area contributed by atoms with Crippen LogP contribution in [0.3, 0.4) is 0 Å². The minimum Gasteiger partial charge on any atom is -0.484 e. The highest BCUT2D eigenvalue weighted by Crippen LogP contribution is 2.19. The van der Waals surface area contributed by atoms with Crippen molar-refractivity contribution >= 4 is 29.9 Å². The van der Waals surface area contributed by atoms with E-state index >= 15 is 0 Å². The Labute approximate surface area is 182 Å². The van der Waals surface area contributed by atoms with E-state index in [9.17, 15) is 13.2 Å². The third-order valence-corrected chi connectivity index (χ3v) is 4.62. The molecule has 0 amide bonds. The predicted octanol–water partition coefficient (Wildman–Crippen LogP) is 3.64. The lowest BCUT2D eigenvalue weighted by atomic mass is 9.98. The van der Waals surface area contributed by atoms with Gasteiger partial charge in [0.15, 0.2) is 12.6 Å². The summed E-state index contributed by atoms with van der Waals surface area (Å²) >= 11 is 0. The molecule has 160 valence electrons. The van der Waals surface area contributed by atoms with Gasteiger partial charge in [-0.2, -0.15) is 13.2 Å². The van der Waals surface area contributed by atoms with Gasteiger partial charge in [0.2, 0.25) is 0 Å². The number of ether oxygens (including phenoxy) is 1. The Morgan fingerprint density at radius 2 is 1.96 bits per heavy atom. The van der Waals surface area contributed by atoms with Crippen LogP contribution in [0.1, 0.15) is 25.3 Å². The molecule has 0 bridgehead atoms. The molecule has 1 aromatic carbocycles. The smallest absolute Gasteiger partial charge is 0.422 e. The molecule has 2 N–H and O–H groups in total. The van der Waals surface area contributed by atoms with Gasteiger partial charge >= 0.3 is 6.18 Å². The lowest BCUT2D eigenvalue weighted by Crippen LogP contribution is -2.44. The van der Waals surface area contributed by atoms with Crippen molar-refractivity contribution < 1.29 is 17.9 Å². The van der Waals surface area contributed by atoms with E-state index in [4.69, 9.17) is 4.74 Å². The van der Waals surface area contributed by atoms with E-state index in [2.05, 4.69) is 27.4 Å². The zero-order valence-electron chi connectivity index (χ0n) is 16.4. The molecular formula is C19H30F3IN4O. The Balaban J connectivity index is 0.00000392. The lowest BCUT2D eigenvalue weighted by molar-refractivity contribution is -0.153. The van der Waals surface area contributed by atoms with E-state index in [-0.39, 0.29) is 29.7 Å². The number of nitrogens with zero attached hydrogens (tertiary/aromatic N) is 2. The molecule has 1 atom stereocenters. The van der Waals surface area contributed by atoms with Crippen molar-refractivity contribution in [1.82, 2.24) is 15.5 Å². The molecule has 0 aliphatic carbocycles. The molecule has 1 aliphatic rings. The van der Waals surface area contributed by atoms with Gasteiger partial charge < -0.3 is 20.3 Å². The summed E-state index contributed by atoms with van der Waals surface area (Å²) in [6.07, 6.45) is -1.88. The number of likely N-dealkylation sites (tertiary alicyclic amines) is 1. The second kappa shape index (κ2) is 12.4. The van der Waals surface area contributed by atoms with Crippen LogP contribution in [0.4, 0.5) is 13.2 Å². The van der Waals surface area contributed by atoms with Gasteiger partial charge in [-0.05, 0) is 49.5 Å². The van der Waals surface area contributed by atoms with E-state index < -0.39 is 12.8 Å². The number of aliphatic imine (C=N–C) groups is 1. The average Bonchev–Trinajstić information content (AvgIpc) is 2.67. The summed E-state index contributed by atoms with van der Waals surface area (Å²) in [5.41, 5.74) is 0.937. The first-order chi connectivity index (χ1) is 12.9. The van der Waals surface area contributed by atoms with Crippen LogP contribution >= 0.6 is 24.0 Å². The second-order valence-electron chi connectivity index (χ2n) is 6.76. The number of nitrogens with one attached hydrogen (secondary N) is 2. The minimum atomic E-state index is -4.33. The molecule has 1 fully saturated rings. The molecule has 9 heteroatoms. The van der Waals surface area contributed by atoms with Crippen molar-refractivity contribution in [3.63, 3.8) is 0 Å². The third kappa shape index (κ3) is 9.31. The van der Waals surface area contributed by atoms with Crippen LogP contribution in [0.2, 0.25) is 0 Å². The topological polar surface area (TPSA) is 48.9 Å². The number of benzene rings is 1. The summed E-state index contributed by atoms with van der Waals surface area (Å²) in [6, 6.07) is 6.57. The fraction of sp³-hybridized carbons (Fsp3) is 0.632. The standard InChI is InChI=1S/C19H29F3N4O.HI/c1-3-26-10-4-5-16(13-26)12-25-18(23-2)24-11-15-6-8-17(9-7-15)27-14-19(20,21)22;/h6-9,16H,3-5,10-14H2,1-2H3,(H2,23,24,25);1H. The van der Waals surface area contributed by atoms with Gasteiger partial charge in [0.1, 0.15) is 5.75 Å². The highest BCUT2D eigenvalue weighted by molar-refractivity contribution is 14.0. The number of hydrogen-bond acceptors (Lipinski definition) is 3. The minimum absolute atomic E-state index is 0. The SMILES string of the molecule is CCN1CCCC(CNC(=NC)NCc2ccc(OCC(F)(F)F)cc2)C1.I. The van der Waals surface area contributed by atoms with Gasteiger partial charge in [-0.1, -0.05) is 19.1 Å². The van der Waals surface area contributed by atoms with Crippen LogP contribution < -0.4 is 15.4 Å². The average molecular weight is 514 g/mol. The van der Waals surface area contributed by atoms with Gasteiger partial charge in [0.25, 0.3) is 0 Å². The molecule has 2 rings (SSSR count). The monoisotopic (exact) mass is 514 g/mol. The Bertz CT molecular complexity index is 596. The van der Waals surface area contributed by atoms with Gasteiger partial charge in [-0.15, -0.1) is 24.0 Å². The highest BCUT2D eigenvalue weighted by atomic mass is 127. The third-order valence-electron chi connectivity index (χ3n) is 4.62. The molecule has 0 spiro atoms. The number of hydrogen-bond donors (Lipinski definition) is 2. The summed E-state index contributed by atoms with van der Waals surface area (Å²) in [5, 5.41) is 6.60. The van der Waals surface area contributed by atoms with Crippen LogP contribution in [-0.4, -0.2) is 56.9 Å². The van der Waals surface area contributed by atoms with Crippen LogP contribution in [-0.2, 0) is 6.54 Å². The summed E-state index contributed by atoms with van der Waals surface area (Å²) in [4.78, 5) is 6.70. The number of halogens is 4. The van der Waals surface area contributed by atoms with Gasteiger partial charge in [0, 0.05) is 26.7 Å². The second-order valence-corrected chi connectivity index (χ2v) is 6.76. The summed E-state index contributed by atoms with van der Waals surface area (Å²) in [7, 11) is 1.72. The van der Waals surface area contributed by atoms with E-state index in [1.807, 2.05) is 0 Å². The summed E-state index contributed by atoms with van der Waals surface area (Å²) < 4.78 is 41.2. The zero-order valence-corrected chi connectivity index (χ0v) is 18.7. The Hall–Kier alpha value is -1.23. The zero-order chi connectivity index (χ0) is 19.7. The number of guanidine groups is 1. The Kier molecular flexibility index (Phi) is 10.9. The van der Waals surface area contributed by atoms with Crippen molar-refractivity contribution in [2.24, 2.45) is 10.9 Å². The first kappa shape index (κ1) is 24.8. The van der Waals surface area contributed by atoms with Crippen LogP contribution in [0.5, 0.6) is 5.75 Å². The maximum absolute atomic E-state index is 12.2. The molecule has 1 aliphatic heterocycles. The number of piperidine rings is 1. The molecule has 1 heterocycles. The van der Waals surface area contributed by atoms with Crippen LogP contribution in [0.25, 0.3) is 0 Å². The van der Waals surface area contributed by atoms with E-state index in [0.717, 1.165) is 31.2 Å². The highest BCUT2D eigenvalue weighted by Gasteiger charge is 2.28. The van der Waals surface area contributed by atoms with E-state index in [1.165, 1.54) is 19.4 Å². The Morgan fingerprint density at radius 1 is 1.25 bits per heavy atom. The van der Waals surface area contributed by atoms with Crippen molar-refractivity contribution in [2.75, 3.05) is 39.8 Å². The van der Waals surface area contributed by atoms with E-state index in [1.54, 1.807) is 31.3 Å². The number of alkyl halides is 3. The molecule has 1 unspecified atom stereocenters. The maximum atomic E-state index is 12.2. The lowest BCUT2D eigenvalue weighted by Gasteiger charge is -2.32. The molecule has 1 saturated heterocycles. The van der Waals surface area contributed by atoms with Crippen molar-refractivity contribution in [3.05, 3.63) is 29.8 Å². The Morgan fingerprint density at radius 3 is 2.57 bits per heavy atom. The summed E-state index contributed by atoms with van der Waals surface area (Å²) in [6.45, 7) is 5.70. The van der Waals surface area contributed by atoms with Gasteiger partial charge in [0.05, 0.1) is 0 Å². The van der Waals surface area contributed by atoms with Crippen molar-refractivity contribution in [1.29, 1.82) is 0 Å². The van der Waals surface area contributed by atoms with Crippen molar-refractivity contribution in [2.45, 2.75) is 32.5 Å². The molecule has 0 aromatic heterocycles. The predicted molar refractivity (Wildman–Crippen MR) is 116 cm³/mol. The maximum Gasteiger partial charge on any atom is 0.422 e. The largest absolute Gasteiger partial charge is 0.484 e. The van der Waals surface area contributed by atoms with E-state index in [0.29, 0.717) is 12.5 Å². The molecule has 0 saturated carbocycles. The fourth-order valence-electron chi connectivity index (χ4n) is 3.12. The first-order valence-corrected chi connectivity index (χ1v) is 9.35. The fourth-order valence-corrected chi connectivity index (χ4v) is 3.12. The first-order valence-electron chi connectivity index (χ1n) is 9.35. The van der Waals surface area contributed by atoms with Gasteiger partial charge in [-0.3, -0.25) is 4.99 Å². The molecule has 1 aromatic rings. The van der Waals surface area contributed by atoms with Crippen LogP contribution in [0.15, 0.2) is 29.3 Å². The molecule has 28 heavy (non-hydrogen) atoms. The molecule has 5 nitrogen and oxygen atoms in total. The van der Waals surface area contributed by atoms with Crippen LogP contribution in [0, 0.1) is 5.92 Å². The number of rotatable bonds is 7.